The van der Waals surface area contributed by atoms with Crippen LogP contribution in [-0.4, -0.2) is 73.1 Å². The zero-order chi connectivity index (χ0) is 22.0. The summed E-state index contributed by atoms with van der Waals surface area (Å²) in [7, 11) is 1.37. The third-order valence-corrected chi connectivity index (χ3v) is 4.36. The van der Waals surface area contributed by atoms with Crippen LogP contribution in [0.1, 0.15) is 39.5 Å². The van der Waals surface area contributed by atoms with Crippen molar-refractivity contribution in [3.05, 3.63) is 12.2 Å². The summed E-state index contributed by atoms with van der Waals surface area (Å²) in [4.78, 5) is 70.4. The van der Waals surface area contributed by atoms with Crippen LogP contribution in [0.25, 0.3) is 0 Å². The zero-order valence-electron chi connectivity index (χ0n) is 16.9. The molecule has 29 heavy (non-hydrogen) atoms. The van der Waals surface area contributed by atoms with E-state index in [1.807, 2.05) is 0 Å². The molecular weight excluding hydrogens is 379 g/mol. The smallest absolute Gasteiger partial charge is 0.253 e. The van der Waals surface area contributed by atoms with Crippen LogP contribution in [0, 0.1) is 0 Å². The van der Waals surface area contributed by atoms with E-state index in [1.54, 1.807) is 6.92 Å². The van der Waals surface area contributed by atoms with Gasteiger partial charge in [-0.05, 0) is 26.7 Å². The van der Waals surface area contributed by atoms with E-state index in [4.69, 9.17) is 0 Å². The Morgan fingerprint density at radius 1 is 0.931 bits per heavy atom. The van der Waals surface area contributed by atoms with Crippen molar-refractivity contribution >= 4 is 43.1 Å². The van der Waals surface area contributed by atoms with Crippen LogP contribution in [0.15, 0.2) is 12.2 Å². The van der Waals surface area contributed by atoms with E-state index in [2.05, 4.69) is 16.0 Å². The van der Waals surface area contributed by atoms with Gasteiger partial charge in [0.15, 0.2) is 7.85 Å². The van der Waals surface area contributed by atoms with E-state index in [0.29, 0.717) is 12.8 Å². The number of hydrogen-bond acceptors (Lipinski definition) is 6. The third-order valence-electron chi connectivity index (χ3n) is 4.36. The molecule has 0 saturated carbocycles. The lowest BCUT2D eigenvalue weighted by Gasteiger charge is -2.17. The molecule has 1 heterocycles. The molecular formula is C18H27BN4O6. The Kier molecular flexibility index (Phi) is 9.77. The first-order chi connectivity index (χ1) is 13.6. The second-order valence-corrected chi connectivity index (χ2v) is 6.85. The molecule has 11 heteroatoms. The molecule has 2 atom stereocenters. The third kappa shape index (κ3) is 8.71. The van der Waals surface area contributed by atoms with Crippen LogP contribution < -0.4 is 16.0 Å². The average molecular weight is 406 g/mol. The molecule has 0 bridgehead atoms. The fourth-order valence-corrected chi connectivity index (χ4v) is 2.44. The van der Waals surface area contributed by atoms with Crippen LogP contribution in [-0.2, 0) is 28.8 Å². The quantitative estimate of drug-likeness (QED) is 0.190. The molecule has 0 saturated heterocycles. The van der Waals surface area contributed by atoms with Gasteiger partial charge in [-0.3, -0.25) is 28.9 Å². The molecule has 2 unspecified atom stereocenters. The number of nitrogens with one attached hydrogen (secondary N) is 3. The van der Waals surface area contributed by atoms with Gasteiger partial charge in [0.25, 0.3) is 11.8 Å². The summed E-state index contributed by atoms with van der Waals surface area (Å²) in [6.07, 6.45) is 3.68. The molecule has 0 aromatic rings. The van der Waals surface area contributed by atoms with Crippen molar-refractivity contribution in [1.29, 1.82) is 0 Å². The number of carbonyl (C=O) groups is 6. The van der Waals surface area contributed by atoms with E-state index in [9.17, 15) is 28.8 Å². The molecule has 1 rings (SSSR count). The summed E-state index contributed by atoms with van der Waals surface area (Å²) in [6.45, 7) is 3.38. The van der Waals surface area contributed by atoms with Crippen LogP contribution in [0.5, 0.6) is 0 Å². The first-order valence-electron chi connectivity index (χ1n) is 9.52. The standard InChI is InChI=1S/C18H27BN4O6/c1-11(17(19)28)22-18(29)12(2)21-14(25)6-4-3-5-13(24)20-9-10-23-15(26)7-8-16(23)27/h7-8,11-12H,3-6,9-10,19H2,1-2H3,(H,20,24)(H,21,25)(H,22,29). The number of unbranched alkanes of at least 4 members (excludes halogenated alkanes) is 1. The maximum atomic E-state index is 11.9. The Labute approximate surface area is 170 Å². The first-order valence-corrected chi connectivity index (χ1v) is 9.52. The lowest BCUT2D eigenvalue weighted by molar-refractivity contribution is -0.137. The van der Waals surface area contributed by atoms with Gasteiger partial charge in [0.1, 0.15) is 11.7 Å². The predicted octanol–water partition coefficient (Wildman–Crippen LogP) is -2.24. The van der Waals surface area contributed by atoms with Crippen molar-refractivity contribution in [2.45, 2.75) is 51.6 Å². The summed E-state index contributed by atoms with van der Waals surface area (Å²) in [5, 5.41) is 7.67. The summed E-state index contributed by atoms with van der Waals surface area (Å²) >= 11 is 0. The maximum absolute atomic E-state index is 11.9. The van der Waals surface area contributed by atoms with Crippen molar-refractivity contribution in [1.82, 2.24) is 20.9 Å². The zero-order valence-corrected chi connectivity index (χ0v) is 16.9. The second kappa shape index (κ2) is 11.8. The van der Waals surface area contributed by atoms with Gasteiger partial charge < -0.3 is 20.7 Å². The van der Waals surface area contributed by atoms with Gasteiger partial charge in [-0.25, -0.2) is 0 Å². The predicted molar refractivity (Wildman–Crippen MR) is 106 cm³/mol. The second-order valence-electron chi connectivity index (χ2n) is 6.85. The first kappa shape index (κ1) is 24.1. The van der Waals surface area contributed by atoms with Gasteiger partial charge in [-0.1, -0.05) is 0 Å². The van der Waals surface area contributed by atoms with Crippen LogP contribution >= 0.6 is 0 Å². The summed E-state index contributed by atoms with van der Waals surface area (Å²) in [6, 6.07) is -1.38. The Morgan fingerprint density at radius 3 is 2.03 bits per heavy atom. The molecule has 0 aromatic carbocycles. The molecule has 0 radical (unpaired) electrons. The molecule has 0 fully saturated rings. The number of imide groups is 1. The minimum atomic E-state index is -0.766. The highest BCUT2D eigenvalue weighted by Gasteiger charge is 2.22. The van der Waals surface area contributed by atoms with Gasteiger partial charge in [-0.15, -0.1) is 0 Å². The van der Waals surface area contributed by atoms with E-state index < -0.39 is 29.8 Å². The van der Waals surface area contributed by atoms with Crippen LogP contribution in [0.3, 0.4) is 0 Å². The molecule has 0 aliphatic carbocycles. The number of nitrogens with zero attached hydrogens (tertiary/aromatic N) is 1. The van der Waals surface area contributed by atoms with E-state index in [0.717, 1.165) is 4.90 Å². The SMILES string of the molecule is BC(=O)C(C)NC(=O)C(C)NC(=O)CCCCC(=O)NCCN1C(=O)C=CC1=O. The number of carbonyl (C=O) groups excluding carboxylic acids is 6. The highest BCUT2D eigenvalue weighted by Crippen LogP contribution is 2.03. The van der Waals surface area contributed by atoms with Crippen LogP contribution in [0.4, 0.5) is 0 Å². The van der Waals surface area contributed by atoms with Gasteiger partial charge in [-0.2, -0.15) is 0 Å². The number of amides is 5. The number of rotatable bonds is 12. The molecule has 10 nitrogen and oxygen atoms in total. The van der Waals surface area contributed by atoms with Crippen molar-refractivity contribution < 1.29 is 28.8 Å². The molecule has 0 aromatic heterocycles. The molecule has 0 spiro atoms. The normalized spacial score (nSPS) is 15.0. The average Bonchev–Trinajstić information content (AvgIpc) is 2.97. The Balaban J connectivity index is 2.13. The Hall–Kier alpha value is -2.98. The fraction of sp³-hybridized carbons (Fsp3) is 0.556. The lowest BCUT2D eigenvalue weighted by atomic mass is 9.96. The van der Waals surface area contributed by atoms with Crippen molar-refractivity contribution in [2.75, 3.05) is 13.1 Å². The highest BCUT2D eigenvalue weighted by atomic mass is 16.2. The van der Waals surface area contributed by atoms with E-state index >= 15 is 0 Å². The van der Waals surface area contributed by atoms with Crippen molar-refractivity contribution in [3.63, 3.8) is 0 Å². The maximum Gasteiger partial charge on any atom is 0.253 e. The fourth-order valence-electron chi connectivity index (χ4n) is 2.44. The molecule has 158 valence electrons. The van der Waals surface area contributed by atoms with E-state index in [-0.39, 0.29) is 43.4 Å². The monoisotopic (exact) mass is 406 g/mol. The lowest BCUT2D eigenvalue weighted by Crippen LogP contribution is -2.49. The molecule has 1 aliphatic rings. The summed E-state index contributed by atoms with van der Waals surface area (Å²) in [5.41, 5.74) is -0.176. The van der Waals surface area contributed by atoms with Gasteiger partial charge in [0, 0.05) is 38.1 Å². The van der Waals surface area contributed by atoms with Crippen molar-refractivity contribution in [3.8, 4) is 0 Å². The highest BCUT2D eigenvalue weighted by molar-refractivity contribution is 6.59. The molecule has 3 N–H and O–H groups in total. The Bertz CT molecular complexity index is 690. The topological polar surface area (TPSA) is 142 Å². The number of hydrogen-bond donors (Lipinski definition) is 3. The van der Waals surface area contributed by atoms with Gasteiger partial charge >= 0.3 is 0 Å². The minimum absolute atomic E-state index is 0.112. The van der Waals surface area contributed by atoms with Crippen molar-refractivity contribution in [2.24, 2.45) is 0 Å². The largest absolute Gasteiger partial charge is 0.354 e. The van der Waals surface area contributed by atoms with Crippen LogP contribution in [0.2, 0.25) is 0 Å². The van der Waals surface area contributed by atoms with Gasteiger partial charge in [0.2, 0.25) is 17.7 Å². The summed E-state index contributed by atoms with van der Waals surface area (Å²) < 4.78 is 0. The molecule has 1 aliphatic heterocycles. The van der Waals surface area contributed by atoms with E-state index in [1.165, 1.54) is 26.9 Å². The summed E-state index contributed by atoms with van der Waals surface area (Å²) in [5.74, 6) is -1.78. The van der Waals surface area contributed by atoms with Gasteiger partial charge in [0.05, 0.1) is 6.04 Å². The minimum Gasteiger partial charge on any atom is -0.354 e. The molecule has 5 amide bonds. The Morgan fingerprint density at radius 2 is 1.48 bits per heavy atom.